The van der Waals surface area contributed by atoms with Crippen molar-refractivity contribution in [3.05, 3.63) is 12.7 Å². The Bertz CT molecular complexity index is 370. The lowest BCUT2D eigenvalue weighted by molar-refractivity contribution is -0.147. The summed E-state index contributed by atoms with van der Waals surface area (Å²) in [5.74, 6) is -2.18. The number of ether oxygens (including phenoxy) is 2. The summed E-state index contributed by atoms with van der Waals surface area (Å²) in [5, 5.41) is -1.96. The minimum Gasteiger partial charge on any atom is -0.468 e. The first-order valence-electron chi connectivity index (χ1n) is 4.13. The van der Waals surface area contributed by atoms with Crippen molar-refractivity contribution < 1.29 is 32.0 Å². The molecule has 1 unspecified atom stereocenters. The van der Waals surface area contributed by atoms with E-state index in [0.717, 1.165) is 7.11 Å². The van der Waals surface area contributed by atoms with Gasteiger partial charge >= 0.3 is 11.9 Å². The van der Waals surface area contributed by atoms with Crippen molar-refractivity contribution in [3.8, 4) is 0 Å². The van der Waals surface area contributed by atoms with Crippen LogP contribution in [0.3, 0.4) is 0 Å². The lowest BCUT2D eigenvalue weighted by Gasteiger charge is -2.10. The van der Waals surface area contributed by atoms with E-state index in [1.54, 1.807) is 0 Å². The van der Waals surface area contributed by atoms with Crippen LogP contribution in [0.15, 0.2) is 12.7 Å². The molecule has 0 rings (SSSR count). The van der Waals surface area contributed by atoms with Crippen LogP contribution in [-0.4, -0.2) is 43.9 Å². The molecule has 0 aromatic carbocycles. The molecule has 16 heavy (non-hydrogen) atoms. The standard InChI is InChI=1S/C8H12O7S/c1-3-4-15-7(9)5-6(8(10)14-2)16(11,12)13/h3,6H,1,4-5H2,2H3,(H,11,12,13). The van der Waals surface area contributed by atoms with Crippen molar-refractivity contribution in [1.82, 2.24) is 0 Å². The van der Waals surface area contributed by atoms with Crippen molar-refractivity contribution in [1.29, 1.82) is 0 Å². The molecule has 0 radical (unpaired) electrons. The van der Waals surface area contributed by atoms with Gasteiger partial charge in [0.2, 0.25) is 0 Å². The molecule has 0 aromatic rings. The predicted octanol–water partition coefficient (Wildman–Crippen LogP) is -0.465. The number of carbonyl (C=O) groups is 2. The molecule has 0 aliphatic rings. The van der Waals surface area contributed by atoms with Crippen LogP contribution in [-0.2, 0) is 29.2 Å². The van der Waals surface area contributed by atoms with E-state index >= 15 is 0 Å². The molecule has 0 amide bonds. The van der Waals surface area contributed by atoms with Crippen LogP contribution in [0.5, 0.6) is 0 Å². The van der Waals surface area contributed by atoms with Crippen molar-refractivity contribution in [3.63, 3.8) is 0 Å². The topological polar surface area (TPSA) is 107 Å². The highest BCUT2D eigenvalue weighted by molar-refractivity contribution is 7.87. The highest BCUT2D eigenvalue weighted by Crippen LogP contribution is 2.07. The SMILES string of the molecule is C=CCOC(=O)CC(C(=O)OC)S(=O)(=O)O. The number of rotatable bonds is 6. The zero-order chi connectivity index (χ0) is 12.8. The van der Waals surface area contributed by atoms with Gasteiger partial charge in [0, 0.05) is 0 Å². The summed E-state index contributed by atoms with van der Waals surface area (Å²) in [6.45, 7) is 3.16. The fourth-order valence-electron chi connectivity index (χ4n) is 0.804. The maximum absolute atomic E-state index is 11.0. The van der Waals surface area contributed by atoms with E-state index in [9.17, 15) is 18.0 Å². The van der Waals surface area contributed by atoms with E-state index in [1.165, 1.54) is 6.08 Å². The average molecular weight is 252 g/mol. The van der Waals surface area contributed by atoms with Crippen LogP contribution < -0.4 is 0 Å². The summed E-state index contributed by atoms with van der Waals surface area (Å²) in [4.78, 5) is 22.0. The summed E-state index contributed by atoms with van der Waals surface area (Å²) >= 11 is 0. The van der Waals surface area contributed by atoms with Gasteiger partial charge < -0.3 is 9.47 Å². The van der Waals surface area contributed by atoms with E-state index in [-0.39, 0.29) is 6.61 Å². The molecule has 0 aromatic heterocycles. The Hall–Kier alpha value is -1.41. The molecular formula is C8H12O7S. The molecule has 92 valence electrons. The first kappa shape index (κ1) is 14.6. The maximum Gasteiger partial charge on any atom is 0.327 e. The Labute approximate surface area is 92.8 Å². The molecule has 0 aliphatic heterocycles. The van der Waals surface area contributed by atoms with E-state index in [1.807, 2.05) is 0 Å². The van der Waals surface area contributed by atoms with E-state index in [0.29, 0.717) is 0 Å². The molecule has 8 heteroatoms. The molecule has 1 atom stereocenters. The largest absolute Gasteiger partial charge is 0.468 e. The van der Waals surface area contributed by atoms with E-state index in [2.05, 4.69) is 16.1 Å². The monoisotopic (exact) mass is 252 g/mol. The molecule has 0 bridgehead atoms. The lowest BCUT2D eigenvalue weighted by Crippen LogP contribution is -2.33. The fourth-order valence-corrected chi connectivity index (χ4v) is 1.49. The number of carbonyl (C=O) groups excluding carboxylic acids is 2. The third kappa shape index (κ3) is 4.89. The lowest BCUT2D eigenvalue weighted by atomic mass is 10.3. The smallest absolute Gasteiger partial charge is 0.327 e. The first-order chi connectivity index (χ1) is 7.32. The molecule has 0 saturated carbocycles. The third-order valence-corrected chi connectivity index (χ3v) is 2.62. The highest BCUT2D eigenvalue weighted by atomic mass is 32.2. The van der Waals surface area contributed by atoms with Crippen LogP contribution in [0.25, 0.3) is 0 Å². The Balaban J connectivity index is 4.63. The average Bonchev–Trinajstić information content (AvgIpc) is 2.20. The predicted molar refractivity (Wildman–Crippen MR) is 53.1 cm³/mol. The Morgan fingerprint density at radius 3 is 2.44 bits per heavy atom. The molecule has 7 nitrogen and oxygen atoms in total. The second-order valence-electron chi connectivity index (χ2n) is 2.70. The van der Waals surface area contributed by atoms with Gasteiger partial charge in [-0.25, -0.2) is 0 Å². The van der Waals surface area contributed by atoms with Crippen molar-refractivity contribution >= 4 is 22.1 Å². The van der Waals surface area contributed by atoms with Gasteiger partial charge in [-0.1, -0.05) is 12.7 Å². The minimum atomic E-state index is -4.70. The molecule has 1 N–H and O–H groups in total. The molecule has 0 saturated heterocycles. The van der Waals surface area contributed by atoms with Gasteiger partial charge in [0.25, 0.3) is 10.1 Å². The van der Waals surface area contributed by atoms with Crippen LogP contribution in [0, 0.1) is 0 Å². The molecule has 0 spiro atoms. The van der Waals surface area contributed by atoms with Crippen molar-refractivity contribution in [2.75, 3.05) is 13.7 Å². The summed E-state index contributed by atoms with van der Waals surface area (Å²) < 4.78 is 38.8. The second-order valence-corrected chi connectivity index (χ2v) is 4.30. The summed E-state index contributed by atoms with van der Waals surface area (Å²) in [5.41, 5.74) is 0. The Morgan fingerprint density at radius 1 is 1.50 bits per heavy atom. The number of hydrogen-bond acceptors (Lipinski definition) is 6. The summed E-state index contributed by atoms with van der Waals surface area (Å²) in [6.07, 6.45) is 0.470. The third-order valence-electron chi connectivity index (χ3n) is 1.54. The van der Waals surface area contributed by atoms with E-state index in [4.69, 9.17) is 4.55 Å². The number of hydrogen-bond donors (Lipinski definition) is 1. The second kappa shape index (κ2) is 6.23. The highest BCUT2D eigenvalue weighted by Gasteiger charge is 2.34. The van der Waals surface area contributed by atoms with Gasteiger partial charge in [0.1, 0.15) is 6.61 Å². The Morgan fingerprint density at radius 2 is 2.06 bits per heavy atom. The Kier molecular flexibility index (Phi) is 5.68. The van der Waals surface area contributed by atoms with Crippen LogP contribution in [0.1, 0.15) is 6.42 Å². The zero-order valence-corrected chi connectivity index (χ0v) is 9.40. The molecular weight excluding hydrogens is 240 g/mol. The van der Waals surface area contributed by atoms with E-state index < -0.39 is 33.7 Å². The summed E-state index contributed by atoms with van der Waals surface area (Å²) in [6, 6.07) is 0. The van der Waals surface area contributed by atoms with Gasteiger partial charge in [-0.3, -0.25) is 14.1 Å². The van der Waals surface area contributed by atoms with Crippen molar-refractivity contribution in [2.45, 2.75) is 11.7 Å². The number of esters is 2. The van der Waals surface area contributed by atoms with Gasteiger partial charge in [-0.05, 0) is 0 Å². The van der Waals surface area contributed by atoms with Gasteiger partial charge in [-0.15, -0.1) is 0 Å². The minimum absolute atomic E-state index is 0.113. The van der Waals surface area contributed by atoms with Crippen LogP contribution in [0.4, 0.5) is 0 Å². The molecule has 0 fully saturated rings. The normalized spacial score (nSPS) is 12.6. The van der Waals surface area contributed by atoms with Crippen LogP contribution in [0.2, 0.25) is 0 Å². The fraction of sp³-hybridized carbons (Fsp3) is 0.500. The van der Waals surface area contributed by atoms with Crippen LogP contribution >= 0.6 is 0 Å². The molecule has 0 aliphatic carbocycles. The van der Waals surface area contributed by atoms with Crippen molar-refractivity contribution in [2.24, 2.45) is 0 Å². The van der Waals surface area contributed by atoms with Gasteiger partial charge in [0.15, 0.2) is 5.25 Å². The maximum atomic E-state index is 11.0. The molecule has 0 heterocycles. The quantitative estimate of drug-likeness (QED) is 0.387. The number of methoxy groups -OCH3 is 1. The van der Waals surface area contributed by atoms with Gasteiger partial charge in [-0.2, -0.15) is 8.42 Å². The van der Waals surface area contributed by atoms with Gasteiger partial charge in [0.05, 0.1) is 13.5 Å². The zero-order valence-electron chi connectivity index (χ0n) is 8.58. The first-order valence-corrected chi connectivity index (χ1v) is 5.64. The summed E-state index contributed by atoms with van der Waals surface area (Å²) in [7, 11) is -3.76.